The third-order valence-electron chi connectivity index (χ3n) is 2.58. The molecule has 1 aromatic heterocycles. The van der Waals surface area contributed by atoms with Crippen molar-refractivity contribution in [2.75, 3.05) is 0 Å². The Bertz CT molecular complexity index is 491. The van der Waals surface area contributed by atoms with Gasteiger partial charge in [-0.15, -0.1) is 0 Å². The summed E-state index contributed by atoms with van der Waals surface area (Å²) >= 11 is 5.95. The van der Waals surface area contributed by atoms with Crippen LogP contribution in [0.1, 0.15) is 12.5 Å². The molecule has 0 fully saturated rings. The van der Waals surface area contributed by atoms with Crippen LogP contribution in [0.15, 0.2) is 30.5 Å². The first-order chi connectivity index (χ1) is 7.76. The molecule has 84 valence electrons. The molecule has 16 heavy (non-hydrogen) atoms. The van der Waals surface area contributed by atoms with Crippen LogP contribution in [-0.2, 0) is 13.1 Å². The van der Waals surface area contributed by atoms with Crippen LogP contribution in [0, 0.1) is 0 Å². The van der Waals surface area contributed by atoms with Gasteiger partial charge in [0.05, 0.1) is 5.69 Å². The molecule has 0 radical (unpaired) electrons. The van der Waals surface area contributed by atoms with E-state index in [0.29, 0.717) is 11.6 Å². The first-order valence-electron chi connectivity index (χ1n) is 5.27. The summed E-state index contributed by atoms with van der Waals surface area (Å²) in [5.74, 6) is 0. The van der Waals surface area contributed by atoms with E-state index in [4.69, 9.17) is 17.3 Å². The normalized spacial score (nSPS) is 10.7. The first-order valence-corrected chi connectivity index (χ1v) is 5.64. The lowest BCUT2D eigenvalue weighted by Gasteiger charge is -2.09. The van der Waals surface area contributed by atoms with Gasteiger partial charge in [-0.3, -0.25) is 4.68 Å². The lowest BCUT2D eigenvalue weighted by atomic mass is 10.0. The van der Waals surface area contributed by atoms with Gasteiger partial charge in [-0.05, 0) is 30.7 Å². The summed E-state index contributed by atoms with van der Waals surface area (Å²) < 4.78 is 1.95. The van der Waals surface area contributed by atoms with Crippen LogP contribution in [0.3, 0.4) is 0 Å². The molecule has 0 bridgehead atoms. The van der Waals surface area contributed by atoms with Crippen molar-refractivity contribution < 1.29 is 0 Å². The van der Waals surface area contributed by atoms with Gasteiger partial charge in [-0.1, -0.05) is 17.7 Å². The second-order valence-electron chi connectivity index (χ2n) is 3.54. The number of hydrogen-bond acceptors (Lipinski definition) is 2. The highest BCUT2D eigenvalue weighted by molar-refractivity contribution is 6.30. The van der Waals surface area contributed by atoms with Crippen molar-refractivity contribution in [3.8, 4) is 11.3 Å². The minimum absolute atomic E-state index is 0.477. The molecule has 0 aliphatic carbocycles. The summed E-state index contributed by atoms with van der Waals surface area (Å²) in [6, 6.07) is 7.77. The maximum Gasteiger partial charge on any atom is 0.0685 e. The fourth-order valence-electron chi connectivity index (χ4n) is 1.79. The molecule has 4 heteroatoms. The van der Waals surface area contributed by atoms with Gasteiger partial charge in [0.1, 0.15) is 0 Å². The number of aryl methyl sites for hydroxylation is 1. The van der Waals surface area contributed by atoms with E-state index in [1.807, 2.05) is 28.9 Å². The summed E-state index contributed by atoms with van der Waals surface area (Å²) in [4.78, 5) is 0. The Balaban J connectivity index is 2.55. The lowest BCUT2D eigenvalue weighted by Crippen LogP contribution is -2.03. The molecule has 0 saturated carbocycles. The SMILES string of the molecule is CCn1nccc1-c1ccc(Cl)cc1CN. The van der Waals surface area contributed by atoms with E-state index in [2.05, 4.69) is 12.0 Å². The van der Waals surface area contributed by atoms with Crippen LogP contribution >= 0.6 is 11.6 Å². The minimum Gasteiger partial charge on any atom is -0.326 e. The molecule has 0 unspecified atom stereocenters. The second-order valence-corrected chi connectivity index (χ2v) is 3.97. The molecule has 0 atom stereocenters. The highest BCUT2D eigenvalue weighted by Gasteiger charge is 2.08. The molecule has 2 aromatic rings. The fraction of sp³-hybridized carbons (Fsp3) is 0.250. The van der Waals surface area contributed by atoms with Crippen LogP contribution in [0.25, 0.3) is 11.3 Å². The summed E-state index contributed by atoms with van der Waals surface area (Å²) in [7, 11) is 0. The number of nitrogens with zero attached hydrogens (tertiary/aromatic N) is 2. The topological polar surface area (TPSA) is 43.8 Å². The number of halogens is 1. The zero-order valence-corrected chi connectivity index (χ0v) is 9.91. The molecule has 2 N–H and O–H groups in total. The van der Waals surface area contributed by atoms with E-state index in [1.54, 1.807) is 6.20 Å². The van der Waals surface area contributed by atoms with E-state index < -0.39 is 0 Å². The molecule has 3 nitrogen and oxygen atoms in total. The van der Waals surface area contributed by atoms with Crippen molar-refractivity contribution in [3.63, 3.8) is 0 Å². The Hall–Kier alpha value is -1.32. The third-order valence-corrected chi connectivity index (χ3v) is 2.81. The number of rotatable bonds is 3. The van der Waals surface area contributed by atoms with Gasteiger partial charge < -0.3 is 5.73 Å². The Morgan fingerprint density at radius 3 is 2.88 bits per heavy atom. The van der Waals surface area contributed by atoms with Crippen molar-refractivity contribution in [2.24, 2.45) is 5.73 Å². The Morgan fingerprint density at radius 2 is 2.19 bits per heavy atom. The Labute approximate surface area is 99.8 Å². The van der Waals surface area contributed by atoms with Gasteiger partial charge in [-0.25, -0.2) is 0 Å². The van der Waals surface area contributed by atoms with Crippen molar-refractivity contribution in [3.05, 3.63) is 41.0 Å². The highest BCUT2D eigenvalue weighted by atomic mass is 35.5. The molecule has 0 spiro atoms. The van der Waals surface area contributed by atoms with Gasteiger partial charge in [0, 0.05) is 29.9 Å². The van der Waals surface area contributed by atoms with Gasteiger partial charge in [0.25, 0.3) is 0 Å². The Morgan fingerprint density at radius 1 is 1.38 bits per heavy atom. The molecule has 0 saturated heterocycles. The molecule has 0 aliphatic heterocycles. The minimum atomic E-state index is 0.477. The van der Waals surface area contributed by atoms with Crippen LogP contribution in [0.5, 0.6) is 0 Å². The van der Waals surface area contributed by atoms with E-state index in [1.165, 1.54) is 0 Å². The molecular weight excluding hydrogens is 222 g/mol. The predicted molar refractivity (Wildman–Crippen MR) is 66.2 cm³/mol. The van der Waals surface area contributed by atoms with Crippen LogP contribution in [0.2, 0.25) is 5.02 Å². The van der Waals surface area contributed by atoms with Gasteiger partial charge in [0.15, 0.2) is 0 Å². The molecule has 0 aliphatic rings. The lowest BCUT2D eigenvalue weighted by molar-refractivity contribution is 0.666. The summed E-state index contributed by atoms with van der Waals surface area (Å²) in [6.07, 6.45) is 1.80. The van der Waals surface area contributed by atoms with Crippen molar-refractivity contribution in [1.82, 2.24) is 9.78 Å². The zero-order chi connectivity index (χ0) is 11.5. The molecule has 1 heterocycles. The van der Waals surface area contributed by atoms with Crippen molar-refractivity contribution >= 4 is 11.6 Å². The number of aromatic nitrogens is 2. The quantitative estimate of drug-likeness (QED) is 0.889. The molecule has 0 amide bonds. The Kier molecular flexibility index (Phi) is 3.27. The van der Waals surface area contributed by atoms with Gasteiger partial charge >= 0.3 is 0 Å². The fourth-order valence-corrected chi connectivity index (χ4v) is 1.99. The standard InChI is InChI=1S/C12H14ClN3/c1-2-16-12(5-6-15-16)11-4-3-10(13)7-9(11)8-14/h3-7H,2,8,14H2,1H3. The van der Waals surface area contributed by atoms with Crippen LogP contribution < -0.4 is 5.73 Å². The summed E-state index contributed by atoms with van der Waals surface area (Å²) in [5, 5.41) is 4.97. The van der Waals surface area contributed by atoms with Crippen molar-refractivity contribution in [2.45, 2.75) is 20.0 Å². The maximum absolute atomic E-state index is 5.95. The predicted octanol–water partition coefficient (Wildman–Crippen LogP) is 2.68. The summed E-state index contributed by atoms with van der Waals surface area (Å²) in [6.45, 7) is 3.38. The number of hydrogen-bond donors (Lipinski definition) is 1. The summed E-state index contributed by atoms with van der Waals surface area (Å²) in [5.41, 5.74) is 8.96. The highest BCUT2D eigenvalue weighted by Crippen LogP contribution is 2.26. The second kappa shape index (κ2) is 4.68. The molecule has 2 rings (SSSR count). The molecular formula is C12H14ClN3. The van der Waals surface area contributed by atoms with E-state index in [9.17, 15) is 0 Å². The number of benzene rings is 1. The van der Waals surface area contributed by atoms with E-state index in [-0.39, 0.29) is 0 Å². The monoisotopic (exact) mass is 235 g/mol. The van der Waals surface area contributed by atoms with Crippen LogP contribution in [-0.4, -0.2) is 9.78 Å². The average Bonchev–Trinajstić information content (AvgIpc) is 2.76. The molecule has 1 aromatic carbocycles. The van der Waals surface area contributed by atoms with E-state index >= 15 is 0 Å². The van der Waals surface area contributed by atoms with Crippen molar-refractivity contribution in [1.29, 1.82) is 0 Å². The van der Waals surface area contributed by atoms with E-state index in [0.717, 1.165) is 23.4 Å². The third kappa shape index (κ3) is 1.96. The zero-order valence-electron chi connectivity index (χ0n) is 9.15. The first kappa shape index (κ1) is 11.2. The smallest absolute Gasteiger partial charge is 0.0685 e. The maximum atomic E-state index is 5.95. The van der Waals surface area contributed by atoms with Gasteiger partial charge in [-0.2, -0.15) is 5.10 Å². The average molecular weight is 236 g/mol. The van der Waals surface area contributed by atoms with Crippen LogP contribution in [0.4, 0.5) is 0 Å². The van der Waals surface area contributed by atoms with Gasteiger partial charge in [0.2, 0.25) is 0 Å². The largest absolute Gasteiger partial charge is 0.326 e. The number of nitrogens with two attached hydrogens (primary N) is 1.